The lowest BCUT2D eigenvalue weighted by Gasteiger charge is -2.32. The molecule has 0 aliphatic carbocycles. The van der Waals surface area contributed by atoms with Crippen molar-refractivity contribution in [2.75, 3.05) is 19.6 Å². The molecule has 0 unspecified atom stereocenters. The van der Waals surface area contributed by atoms with Crippen molar-refractivity contribution in [3.63, 3.8) is 0 Å². The highest BCUT2D eigenvalue weighted by Gasteiger charge is 2.41. The first-order valence-corrected chi connectivity index (χ1v) is 8.52. The fourth-order valence-electron chi connectivity index (χ4n) is 3.25. The topological polar surface area (TPSA) is 40.6 Å². The minimum atomic E-state index is -0.201. The number of carbonyl (C=O) groups excluding carboxylic acids is 2. The molecule has 4 nitrogen and oxygen atoms in total. The van der Waals surface area contributed by atoms with Gasteiger partial charge in [-0.1, -0.05) is 30.7 Å². The first-order valence-electron chi connectivity index (χ1n) is 8.14. The van der Waals surface area contributed by atoms with E-state index in [1.54, 1.807) is 12.1 Å². The highest BCUT2D eigenvalue weighted by molar-refractivity contribution is 6.36. The van der Waals surface area contributed by atoms with Crippen LogP contribution >= 0.6 is 11.6 Å². The molecule has 3 rings (SSSR count). The number of hydrogen-bond donors (Lipinski definition) is 0. The molecule has 2 heterocycles. The van der Waals surface area contributed by atoms with Crippen molar-refractivity contribution in [3.05, 3.63) is 40.5 Å². The molecule has 1 fully saturated rings. The maximum atomic E-state index is 12.8. The van der Waals surface area contributed by atoms with Gasteiger partial charge in [-0.15, -0.1) is 0 Å². The fraction of sp³-hybridized carbons (Fsp3) is 0.444. The van der Waals surface area contributed by atoms with Gasteiger partial charge in [-0.3, -0.25) is 14.5 Å². The predicted molar refractivity (Wildman–Crippen MR) is 90.7 cm³/mol. The number of piperidine rings is 1. The summed E-state index contributed by atoms with van der Waals surface area (Å²) in [6.45, 7) is 6.10. The molecule has 0 atom stereocenters. The van der Waals surface area contributed by atoms with Gasteiger partial charge in [-0.05, 0) is 43.4 Å². The van der Waals surface area contributed by atoms with Crippen molar-refractivity contribution < 1.29 is 9.59 Å². The van der Waals surface area contributed by atoms with Gasteiger partial charge in [0.1, 0.15) is 5.70 Å². The Bertz CT molecular complexity index is 658. The Labute approximate surface area is 141 Å². The van der Waals surface area contributed by atoms with E-state index in [4.69, 9.17) is 11.6 Å². The molecule has 1 saturated heterocycles. The van der Waals surface area contributed by atoms with Crippen LogP contribution in [-0.4, -0.2) is 41.2 Å². The Morgan fingerprint density at radius 3 is 2.26 bits per heavy atom. The van der Waals surface area contributed by atoms with Crippen molar-refractivity contribution in [1.82, 2.24) is 9.80 Å². The van der Waals surface area contributed by atoms with E-state index < -0.39 is 0 Å². The lowest BCUT2D eigenvalue weighted by atomic mass is 9.97. The number of likely N-dealkylation sites (N-methyl/N-ethyl adjacent to an activating group) is 1. The molecule has 0 radical (unpaired) electrons. The number of likely N-dealkylation sites (tertiary alicyclic amines) is 1. The number of imide groups is 1. The smallest absolute Gasteiger partial charge is 0.277 e. The second kappa shape index (κ2) is 6.36. The van der Waals surface area contributed by atoms with E-state index in [1.165, 1.54) is 4.90 Å². The fourth-order valence-corrected chi connectivity index (χ4v) is 3.38. The van der Waals surface area contributed by atoms with Crippen LogP contribution < -0.4 is 0 Å². The van der Waals surface area contributed by atoms with Gasteiger partial charge in [0.25, 0.3) is 11.8 Å². The number of nitrogens with zero attached hydrogens (tertiary/aromatic N) is 2. The van der Waals surface area contributed by atoms with Crippen LogP contribution in [0.4, 0.5) is 0 Å². The summed E-state index contributed by atoms with van der Waals surface area (Å²) in [4.78, 5) is 28.9. The average molecular weight is 333 g/mol. The van der Waals surface area contributed by atoms with E-state index in [0.29, 0.717) is 28.8 Å². The maximum Gasteiger partial charge on any atom is 0.277 e. The summed E-state index contributed by atoms with van der Waals surface area (Å²) in [5, 5.41) is 0.617. The SMILES string of the molecule is CCN1C(=O)C(c2ccc(Cl)cc2)=C(N2CCC(C)CC2)C1=O. The van der Waals surface area contributed by atoms with Gasteiger partial charge in [0.2, 0.25) is 0 Å². The van der Waals surface area contributed by atoms with Gasteiger partial charge in [0, 0.05) is 24.7 Å². The third-order valence-corrected chi connectivity index (χ3v) is 4.94. The highest BCUT2D eigenvalue weighted by Crippen LogP contribution is 2.34. The molecule has 0 aromatic heterocycles. The van der Waals surface area contributed by atoms with Crippen LogP contribution in [0.2, 0.25) is 5.02 Å². The summed E-state index contributed by atoms with van der Waals surface area (Å²) >= 11 is 5.95. The lowest BCUT2D eigenvalue weighted by molar-refractivity contribution is -0.137. The molecule has 1 aromatic carbocycles. The number of benzene rings is 1. The van der Waals surface area contributed by atoms with Gasteiger partial charge >= 0.3 is 0 Å². The van der Waals surface area contributed by atoms with Crippen molar-refractivity contribution >= 4 is 29.0 Å². The number of halogens is 1. The molecule has 2 aliphatic heterocycles. The number of carbonyl (C=O) groups is 2. The first-order chi connectivity index (χ1) is 11.0. The molecule has 0 bridgehead atoms. The van der Waals surface area contributed by atoms with Gasteiger partial charge < -0.3 is 4.90 Å². The second-order valence-corrected chi connectivity index (χ2v) is 6.69. The predicted octanol–water partition coefficient (Wildman–Crippen LogP) is 3.17. The summed E-state index contributed by atoms with van der Waals surface area (Å²) in [5.74, 6) is 0.297. The molecule has 23 heavy (non-hydrogen) atoms. The summed E-state index contributed by atoms with van der Waals surface area (Å²) < 4.78 is 0. The second-order valence-electron chi connectivity index (χ2n) is 6.25. The zero-order valence-corrected chi connectivity index (χ0v) is 14.3. The molecular weight excluding hydrogens is 312 g/mol. The van der Waals surface area contributed by atoms with E-state index >= 15 is 0 Å². The molecule has 5 heteroatoms. The number of hydrogen-bond acceptors (Lipinski definition) is 3. The number of amides is 2. The van der Waals surface area contributed by atoms with E-state index in [1.807, 2.05) is 19.1 Å². The van der Waals surface area contributed by atoms with Crippen molar-refractivity contribution in [2.45, 2.75) is 26.7 Å². The van der Waals surface area contributed by atoms with Gasteiger partial charge in [-0.25, -0.2) is 0 Å². The van der Waals surface area contributed by atoms with Gasteiger partial charge in [0.05, 0.1) is 5.57 Å². The van der Waals surface area contributed by atoms with Gasteiger partial charge in [0.15, 0.2) is 0 Å². The Kier molecular flexibility index (Phi) is 4.44. The van der Waals surface area contributed by atoms with E-state index in [2.05, 4.69) is 11.8 Å². The van der Waals surface area contributed by atoms with Crippen LogP contribution in [-0.2, 0) is 9.59 Å². The zero-order valence-electron chi connectivity index (χ0n) is 13.5. The largest absolute Gasteiger partial charge is 0.366 e. The van der Waals surface area contributed by atoms with Crippen molar-refractivity contribution in [2.24, 2.45) is 5.92 Å². The first kappa shape index (κ1) is 16.1. The van der Waals surface area contributed by atoms with Crippen molar-refractivity contribution in [1.29, 1.82) is 0 Å². The third kappa shape index (κ3) is 2.88. The summed E-state index contributed by atoms with van der Waals surface area (Å²) in [5.41, 5.74) is 1.84. The Morgan fingerprint density at radius 2 is 1.70 bits per heavy atom. The van der Waals surface area contributed by atoms with Crippen LogP contribution in [0.25, 0.3) is 5.57 Å². The standard InChI is InChI=1S/C18H21ClN2O2/c1-3-21-17(22)15(13-4-6-14(19)7-5-13)16(18(21)23)20-10-8-12(2)9-11-20/h4-7,12H,3,8-11H2,1-2H3. The van der Waals surface area contributed by atoms with Crippen LogP contribution in [0.15, 0.2) is 30.0 Å². The summed E-state index contributed by atoms with van der Waals surface area (Å²) in [7, 11) is 0. The molecule has 2 amide bonds. The van der Waals surface area contributed by atoms with Crippen molar-refractivity contribution in [3.8, 4) is 0 Å². The van der Waals surface area contributed by atoms with Crippen LogP contribution in [0.5, 0.6) is 0 Å². The third-order valence-electron chi connectivity index (χ3n) is 4.69. The van der Waals surface area contributed by atoms with Crippen LogP contribution in [0.3, 0.4) is 0 Å². The maximum absolute atomic E-state index is 12.8. The van der Waals surface area contributed by atoms with E-state index in [-0.39, 0.29) is 11.8 Å². The number of rotatable bonds is 3. The van der Waals surface area contributed by atoms with Crippen LogP contribution in [0.1, 0.15) is 32.3 Å². The Morgan fingerprint density at radius 1 is 1.09 bits per heavy atom. The van der Waals surface area contributed by atoms with E-state index in [0.717, 1.165) is 31.5 Å². The average Bonchev–Trinajstić information content (AvgIpc) is 2.79. The normalized spacial score (nSPS) is 20.0. The Hall–Kier alpha value is -1.81. The highest BCUT2D eigenvalue weighted by atomic mass is 35.5. The molecule has 0 N–H and O–H groups in total. The minimum absolute atomic E-state index is 0.169. The quantitative estimate of drug-likeness (QED) is 0.798. The van der Waals surface area contributed by atoms with Crippen LogP contribution in [0, 0.1) is 5.92 Å². The Balaban J connectivity index is 2.05. The lowest BCUT2D eigenvalue weighted by Crippen LogP contribution is -2.38. The zero-order chi connectivity index (χ0) is 16.6. The summed E-state index contributed by atoms with van der Waals surface area (Å²) in [6.07, 6.45) is 2.09. The van der Waals surface area contributed by atoms with Gasteiger partial charge in [-0.2, -0.15) is 0 Å². The monoisotopic (exact) mass is 332 g/mol. The summed E-state index contributed by atoms with van der Waals surface area (Å²) in [6, 6.07) is 7.14. The molecular formula is C18H21ClN2O2. The minimum Gasteiger partial charge on any atom is -0.366 e. The molecule has 0 saturated carbocycles. The molecule has 2 aliphatic rings. The molecule has 122 valence electrons. The molecule has 1 aromatic rings. The van der Waals surface area contributed by atoms with E-state index in [9.17, 15) is 9.59 Å². The molecule has 0 spiro atoms.